The zero-order chi connectivity index (χ0) is 8.97. The fraction of sp³-hybridized carbons (Fsp3) is 0.875. The first-order valence-corrected chi connectivity index (χ1v) is 4.10. The average molecular weight is 173 g/mol. The highest BCUT2D eigenvalue weighted by Crippen LogP contribution is 2.13. The molecule has 12 heavy (non-hydrogen) atoms. The van der Waals surface area contributed by atoms with E-state index in [2.05, 4.69) is 10.1 Å². The van der Waals surface area contributed by atoms with Crippen LogP contribution in [0.15, 0.2) is 0 Å². The Morgan fingerprint density at radius 2 is 2.25 bits per heavy atom. The first-order valence-electron chi connectivity index (χ1n) is 4.10. The van der Waals surface area contributed by atoms with E-state index in [1.54, 1.807) is 7.11 Å². The fourth-order valence-electron chi connectivity index (χ4n) is 1.48. The van der Waals surface area contributed by atoms with Gasteiger partial charge in [-0.05, 0) is 12.8 Å². The van der Waals surface area contributed by atoms with Gasteiger partial charge in [0.25, 0.3) is 0 Å². The van der Waals surface area contributed by atoms with Crippen molar-refractivity contribution in [3.05, 3.63) is 0 Å². The van der Waals surface area contributed by atoms with Crippen molar-refractivity contribution < 1.29 is 14.3 Å². The molecule has 1 N–H and O–H groups in total. The second-order valence-electron chi connectivity index (χ2n) is 2.97. The van der Waals surface area contributed by atoms with Crippen LogP contribution in [0, 0.1) is 0 Å². The Kier molecular flexibility index (Phi) is 3.49. The maximum atomic E-state index is 11.0. The summed E-state index contributed by atoms with van der Waals surface area (Å²) in [6.07, 6.45) is 1.83. The van der Waals surface area contributed by atoms with Crippen molar-refractivity contribution in [1.29, 1.82) is 0 Å². The van der Waals surface area contributed by atoms with E-state index in [4.69, 9.17) is 4.74 Å². The molecule has 0 radical (unpaired) electrons. The zero-order valence-electron chi connectivity index (χ0n) is 7.50. The number of carbonyl (C=O) groups is 1. The van der Waals surface area contributed by atoms with Gasteiger partial charge in [-0.3, -0.25) is 10.1 Å². The van der Waals surface area contributed by atoms with E-state index in [1.807, 2.05) is 0 Å². The molecule has 0 aliphatic carbocycles. The molecule has 1 heterocycles. The lowest BCUT2D eigenvalue weighted by atomic mass is 10.2. The normalized spacial score (nSPS) is 28.8. The molecule has 70 valence electrons. The summed E-state index contributed by atoms with van der Waals surface area (Å²) in [4.78, 5) is 11.0. The van der Waals surface area contributed by atoms with E-state index in [1.165, 1.54) is 7.11 Å². The van der Waals surface area contributed by atoms with Crippen molar-refractivity contribution >= 4 is 5.97 Å². The Balaban J connectivity index is 2.30. The van der Waals surface area contributed by atoms with Crippen LogP contribution < -0.4 is 5.32 Å². The molecule has 0 aromatic heterocycles. The molecular weight excluding hydrogens is 158 g/mol. The summed E-state index contributed by atoms with van der Waals surface area (Å²) in [5.41, 5.74) is 0. The Bertz CT molecular complexity index is 160. The lowest BCUT2D eigenvalue weighted by molar-refractivity contribution is -0.142. The molecule has 4 nitrogen and oxygen atoms in total. The summed E-state index contributed by atoms with van der Waals surface area (Å²) in [6.45, 7) is 0.660. The van der Waals surface area contributed by atoms with Crippen molar-refractivity contribution in [3.8, 4) is 0 Å². The van der Waals surface area contributed by atoms with E-state index in [-0.39, 0.29) is 12.0 Å². The van der Waals surface area contributed by atoms with E-state index < -0.39 is 0 Å². The minimum atomic E-state index is -0.173. The minimum absolute atomic E-state index is 0.129. The van der Waals surface area contributed by atoms with Gasteiger partial charge >= 0.3 is 5.97 Å². The summed E-state index contributed by atoms with van der Waals surface area (Å²) in [7, 11) is 3.07. The summed E-state index contributed by atoms with van der Waals surface area (Å²) in [5, 5.41) is 3.14. The average Bonchev–Trinajstić information content (AvgIpc) is 2.52. The summed E-state index contributed by atoms with van der Waals surface area (Å²) >= 11 is 0. The highest BCUT2D eigenvalue weighted by molar-refractivity contribution is 5.76. The predicted molar refractivity (Wildman–Crippen MR) is 43.8 cm³/mol. The monoisotopic (exact) mass is 173 g/mol. The van der Waals surface area contributed by atoms with Crippen LogP contribution in [0.1, 0.15) is 12.8 Å². The number of hydrogen-bond acceptors (Lipinski definition) is 4. The Morgan fingerprint density at radius 1 is 1.50 bits per heavy atom. The third kappa shape index (κ3) is 2.19. The molecule has 1 aliphatic heterocycles. The van der Waals surface area contributed by atoms with Crippen LogP contribution in [-0.2, 0) is 14.3 Å². The van der Waals surface area contributed by atoms with Crippen LogP contribution in [0.3, 0.4) is 0 Å². The summed E-state index contributed by atoms with van der Waals surface area (Å²) in [6, 6.07) is 0.175. The Hall–Kier alpha value is -0.610. The first kappa shape index (κ1) is 9.48. The molecule has 0 amide bonds. The number of methoxy groups -OCH3 is 2. The van der Waals surface area contributed by atoms with Gasteiger partial charge < -0.3 is 9.47 Å². The second kappa shape index (κ2) is 4.42. The van der Waals surface area contributed by atoms with Gasteiger partial charge in [0.05, 0.1) is 13.7 Å². The summed E-state index contributed by atoms with van der Waals surface area (Å²) in [5.74, 6) is -0.173. The topological polar surface area (TPSA) is 47.6 Å². The molecule has 1 aliphatic rings. The van der Waals surface area contributed by atoms with Crippen molar-refractivity contribution in [2.75, 3.05) is 20.8 Å². The molecule has 0 aromatic rings. The fourth-order valence-corrected chi connectivity index (χ4v) is 1.48. The molecule has 0 saturated carbocycles. The minimum Gasteiger partial charge on any atom is -0.468 e. The maximum Gasteiger partial charge on any atom is 0.322 e. The van der Waals surface area contributed by atoms with E-state index in [0.717, 1.165) is 12.8 Å². The highest BCUT2D eigenvalue weighted by atomic mass is 16.5. The van der Waals surface area contributed by atoms with Gasteiger partial charge in [-0.1, -0.05) is 0 Å². The van der Waals surface area contributed by atoms with Gasteiger partial charge in [-0.15, -0.1) is 0 Å². The second-order valence-corrected chi connectivity index (χ2v) is 2.97. The van der Waals surface area contributed by atoms with Crippen LogP contribution in [0.25, 0.3) is 0 Å². The molecular formula is C8H15NO3. The molecule has 0 bridgehead atoms. The Labute approximate surface area is 72.2 Å². The van der Waals surface area contributed by atoms with Crippen molar-refractivity contribution in [2.45, 2.75) is 24.9 Å². The van der Waals surface area contributed by atoms with E-state index in [0.29, 0.717) is 12.6 Å². The largest absolute Gasteiger partial charge is 0.468 e. The van der Waals surface area contributed by atoms with Crippen molar-refractivity contribution in [3.63, 3.8) is 0 Å². The van der Waals surface area contributed by atoms with E-state index >= 15 is 0 Å². The number of hydrogen-bond donors (Lipinski definition) is 1. The number of nitrogens with one attached hydrogen (secondary N) is 1. The third-order valence-electron chi connectivity index (χ3n) is 2.09. The van der Waals surface area contributed by atoms with Gasteiger partial charge in [0.2, 0.25) is 0 Å². The van der Waals surface area contributed by atoms with Crippen molar-refractivity contribution in [1.82, 2.24) is 5.32 Å². The number of ether oxygens (including phenoxy) is 2. The predicted octanol–water partition coefficient (Wildman–Crippen LogP) is -0.0736. The van der Waals surface area contributed by atoms with Crippen LogP contribution >= 0.6 is 0 Å². The van der Waals surface area contributed by atoms with Crippen LogP contribution in [0.5, 0.6) is 0 Å². The van der Waals surface area contributed by atoms with Gasteiger partial charge in [-0.2, -0.15) is 0 Å². The molecule has 2 unspecified atom stereocenters. The molecule has 4 heteroatoms. The quantitative estimate of drug-likeness (QED) is 0.607. The molecule has 0 spiro atoms. The van der Waals surface area contributed by atoms with Gasteiger partial charge in [0.15, 0.2) is 0 Å². The standard InChI is InChI=1S/C8H15NO3/c1-11-5-6-3-4-7(9-6)8(10)12-2/h6-7,9H,3-5H2,1-2H3. The number of carbonyl (C=O) groups excluding carboxylic acids is 1. The maximum absolute atomic E-state index is 11.0. The Morgan fingerprint density at radius 3 is 2.83 bits per heavy atom. The van der Waals surface area contributed by atoms with E-state index in [9.17, 15) is 4.79 Å². The highest BCUT2D eigenvalue weighted by Gasteiger charge is 2.29. The smallest absolute Gasteiger partial charge is 0.322 e. The molecule has 1 rings (SSSR count). The lowest BCUT2D eigenvalue weighted by Gasteiger charge is -2.11. The lowest BCUT2D eigenvalue weighted by Crippen LogP contribution is -2.38. The number of esters is 1. The summed E-state index contributed by atoms with van der Waals surface area (Å²) < 4.78 is 9.59. The van der Waals surface area contributed by atoms with Crippen LogP contribution in [0.2, 0.25) is 0 Å². The molecule has 2 atom stereocenters. The molecule has 0 aromatic carbocycles. The van der Waals surface area contributed by atoms with Gasteiger partial charge in [-0.25, -0.2) is 0 Å². The molecule has 1 fully saturated rings. The first-order chi connectivity index (χ1) is 5.77. The third-order valence-corrected chi connectivity index (χ3v) is 2.09. The molecule has 1 saturated heterocycles. The van der Waals surface area contributed by atoms with Crippen LogP contribution in [-0.4, -0.2) is 38.9 Å². The number of rotatable bonds is 3. The van der Waals surface area contributed by atoms with Gasteiger partial charge in [0.1, 0.15) is 6.04 Å². The van der Waals surface area contributed by atoms with Crippen LogP contribution in [0.4, 0.5) is 0 Å². The zero-order valence-corrected chi connectivity index (χ0v) is 7.50. The SMILES string of the molecule is COCC1CCC(C(=O)OC)N1. The van der Waals surface area contributed by atoms with Crippen molar-refractivity contribution in [2.24, 2.45) is 0 Å². The van der Waals surface area contributed by atoms with Gasteiger partial charge in [0, 0.05) is 13.2 Å².